The maximum atomic E-state index is 13.7. The molecule has 0 heterocycles. The van der Waals surface area contributed by atoms with E-state index in [1.54, 1.807) is 43.1 Å². The van der Waals surface area contributed by atoms with Crippen molar-refractivity contribution in [3.8, 4) is 0 Å². The summed E-state index contributed by atoms with van der Waals surface area (Å²) in [7, 11) is 1.02. The highest BCUT2D eigenvalue weighted by molar-refractivity contribution is 7.89. The molecule has 0 unspecified atom stereocenters. The molecule has 27 heavy (non-hydrogen) atoms. The van der Waals surface area contributed by atoms with Crippen molar-refractivity contribution in [2.45, 2.75) is 18.4 Å². The normalized spacial score (nSPS) is 11.8. The first-order chi connectivity index (χ1) is 12.6. The van der Waals surface area contributed by atoms with Crippen molar-refractivity contribution < 1.29 is 17.6 Å². The van der Waals surface area contributed by atoms with Gasteiger partial charge in [0, 0.05) is 31.9 Å². The van der Waals surface area contributed by atoms with Crippen LogP contribution in [0.4, 0.5) is 10.1 Å². The van der Waals surface area contributed by atoms with Crippen LogP contribution in [0.3, 0.4) is 0 Å². The van der Waals surface area contributed by atoms with Crippen molar-refractivity contribution >= 4 is 21.6 Å². The van der Waals surface area contributed by atoms with Gasteiger partial charge in [0.05, 0.1) is 11.4 Å². The molecule has 0 saturated heterocycles. The highest BCUT2D eigenvalue weighted by Gasteiger charge is 2.19. The highest BCUT2D eigenvalue weighted by Crippen LogP contribution is 2.22. The Morgan fingerprint density at radius 2 is 1.78 bits per heavy atom. The number of carbonyl (C=O) groups is 1. The molecule has 146 valence electrons. The van der Waals surface area contributed by atoms with Gasteiger partial charge in [0.1, 0.15) is 5.82 Å². The number of aryl methyl sites for hydroxylation is 1. The Kier molecular flexibility index (Phi) is 6.69. The number of hydrogen-bond donors (Lipinski definition) is 1. The smallest absolute Gasteiger partial charge is 0.242 e. The lowest BCUT2D eigenvalue weighted by Crippen LogP contribution is -2.30. The minimum Gasteiger partial charge on any atom is -0.325 e. The largest absolute Gasteiger partial charge is 0.325 e. The van der Waals surface area contributed by atoms with Crippen LogP contribution in [-0.2, 0) is 21.4 Å². The summed E-state index contributed by atoms with van der Waals surface area (Å²) >= 11 is 0. The van der Waals surface area contributed by atoms with Crippen molar-refractivity contribution in [2.75, 3.05) is 33.0 Å². The van der Waals surface area contributed by atoms with Crippen LogP contribution in [0.2, 0.25) is 0 Å². The van der Waals surface area contributed by atoms with Crippen molar-refractivity contribution in [2.24, 2.45) is 0 Å². The maximum Gasteiger partial charge on any atom is 0.242 e. The summed E-state index contributed by atoms with van der Waals surface area (Å²) in [5, 5.41) is 2.74. The Labute approximate surface area is 159 Å². The van der Waals surface area contributed by atoms with Gasteiger partial charge in [-0.05, 0) is 37.7 Å². The van der Waals surface area contributed by atoms with Crippen molar-refractivity contribution in [1.29, 1.82) is 0 Å². The number of rotatable bonds is 7. The molecule has 0 atom stereocenters. The van der Waals surface area contributed by atoms with Gasteiger partial charge in [-0.3, -0.25) is 9.69 Å². The quantitative estimate of drug-likeness (QED) is 0.785. The Morgan fingerprint density at radius 1 is 1.11 bits per heavy atom. The van der Waals surface area contributed by atoms with Gasteiger partial charge in [0.15, 0.2) is 0 Å². The van der Waals surface area contributed by atoms with Crippen LogP contribution < -0.4 is 5.32 Å². The number of nitrogens with one attached hydrogen (secondary N) is 1. The van der Waals surface area contributed by atoms with E-state index in [1.807, 2.05) is 0 Å². The molecule has 0 fully saturated rings. The average Bonchev–Trinajstić information content (AvgIpc) is 2.58. The Bertz CT molecular complexity index is 930. The Morgan fingerprint density at radius 3 is 2.41 bits per heavy atom. The zero-order valence-electron chi connectivity index (χ0n) is 15.9. The summed E-state index contributed by atoms with van der Waals surface area (Å²) < 4.78 is 39.4. The number of nitrogens with zero attached hydrogens (tertiary/aromatic N) is 2. The molecule has 6 nitrogen and oxygen atoms in total. The molecule has 0 saturated carbocycles. The van der Waals surface area contributed by atoms with Gasteiger partial charge >= 0.3 is 0 Å². The monoisotopic (exact) mass is 393 g/mol. The van der Waals surface area contributed by atoms with Crippen molar-refractivity contribution in [3.63, 3.8) is 0 Å². The summed E-state index contributed by atoms with van der Waals surface area (Å²) in [6.07, 6.45) is 0. The number of carbonyl (C=O) groups excluding carboxylic acids is 1. The zero-order valence-corrected chi connectivity index (χ0v) is 16.7. The van der Waals surface area contributed by atoms with Crippen molar-refractivity contribution in [1.82, 2.24) is 9.21 Å². The van der Waals surface area contributed by atoms with E-state index in [0.717, 1.165) is 9.87 Å². The van der Waals surface area contributed by atoms with Gasteiger partial charge in [-0.2, -0.15) is 0 Å². The number of halogens is 1. The number of benzene rings is 2. The molecule has 0 aromatic heterocycles. The number of anilines is 1. The Hall–Kier alpha value is -2.29. The first-order valence-corrected chi connectivity index (χ1v) is 9.80. The summed E-state index contributed by atoms with van der Waals surface area (Å²) in [6.45, 7) is 2.11. The third kappa shape index (κ3) is 5.35. The van der Waals surface area contributed by atoms with E-state index in [1.165, 1.54) is 32.3 Å². The first-order valence-electron chi connectivity index (χ1n) is 8.36. The third-order valence-electron chi connectivity index (χ3n) is 4.07. The minimum atomic E-state index is -3.59. The number of hydrogen-bond acceptors (Lipinski definition) is 4. The van der Waals surface area contributed by atoms with Crippen molar-refractivity contribution in [3.05, 3.63) is 59.4 Å². The number of likely N-dealkylation sites (N-methyl/N-ethyl adjacent to an activating group) is 1. The lowest BCUT2D eigenvalue weighted by Gasteiger charge is -2.18. The molecule has 0 aliphatic rings. The Balaban J connectivity index is 2.08. The molecule has 0 bridgehead atoms. The molecule has 0 radical (unpaired) electrons. The van der Waals surface area contributed by atoms with E-state index in [2.05, 4.69) is 5.32 Å². The van der Waals surface area contributed by atoms with E-state index >= 15 is 0 Å². The van der Waals surface area contributed by atoms with E-state index in [-0.39, 0.29) is 29.7 Å². The van der Waals surface area contributed by atoms with Crippen LogP contribution in [0, 0.1) is 12.7 Å². The second-order valence-electron chi connectivity index (χ2n) is 6.58. The van der Waals surface area contributed by atoms with E-state index in [4.69, 9.17) is 0 Å². The van der Waals surface area contributed by atoms with E-state index in [0.29, 0.717) is 11.3 Å². The summed E-state index contributed by atoms with van der Waals surface area (Å²) in [5.41, 5.74) is 1.68. The first kappa shape index (κ1) is 21.0. The summed E-state index contributed by atoms with van der Waals surface area (Å²) in [6, 6.07) is 11.0. The van der Waals surface area contributed by atoms with Crippen LogP contribution in [0.5, 0.6) is 0 Å². The number of amides is 1. The predicted molar refractivity (Wildman–Crippen MR) is 103 cm³/mol. The topological polar surface area (TPSA) is 69.7 Å². The predicted octanol–water partition coefficient (Wildman–Crippen LogP) is 2.45. The minimum absolute atomic E-state index is 0.0401. The fraction of sp³-hybridized carbons (Fsp3) is 0.316. The van der Waals surface area contributed by atoms with Crippen LogP contribution >= 0.6 is 0 Å². The molecular weight excluding hydrogens is 369 g/mol. The molecule has 1 N–H and O–H groups in total. The SMILES string of the molecule is Cc1ccc(S(=O)(=O)N(C)C)cc1NC(=O)CN(C)Cc1ccccc1F. The summed E-state index contributed by atoms with van der Waals surface area (Å²) in [4.78, 5) is 14.1. The fourth-order valence-corrected chi connectivity index (χ4v) is 3.44. The fourth-order valence-electron chi connectivity index (χ4n) is 2.52. The third-order valence-corrected chi connectivity index (χ3v) is 5.88. The molecule has 2 aromatic carbocycles. The van der Waals surface area contributed by atoms with Gasteiger partial charge in [0.2, 0.25) is 15.9 Å². The van der Waals surface area contributed by atoms with E-state index in [9.17, 15) is 17.6 Å². The maximum absolute atomic E-state index is 13.7. The lowest BCUT2D eigenvalue weighted by molar-refractivity contribution is -0.117. The van der Waals surface area contributed by atoms with Gasteiger partial charge in [-0.25, -0.2) is 17.1 Å². The molecule has 2 rings (SSSR count). The van der Waals surface area contributed by atoms with Crippen LogP contribution in [0.1, 0.15) is 11.1 Å². The molecule has 0 aliphatic heterocycles. The molecule has 0 spiro atoms. The molecule has 8 heteroatoms. The summed E-state index contributed by atoms with van der Waals surface area (Å²) in [5.74, 6) is -0.626. The van der Waals surface area contributed by atoms with Gasteiger partial charge in [0.25, 0.3) is 0 Å². The van der Waals surface area contributed by atoms with Crippen LogP contribution in [-0.4, -0.2) is 51.2 Å². The van der Waals surface area contributed by atoms with E-state index < -0.39 is 10.0 Å². The average molecular weight is 393 g/mol. The van der Waals surface area contributed by atoms with Crippen LogP contribution in [0.25, 0.3) is 0 Å². The van der Waals surface area contributed by atoms with Gasteiger partial charge in [-0.15, -0.1) is 0 Å². The standard InChI is InChI=1S/C19H24FN3O3S/c1-14-9-10-16(27(25,26)22(2)3)11-18(14)21-19(24)13-23(4)12-15-7-5-6-8-17(15)20/h5-11H,12-13H2,1-4H3,(H,21,24). The van der Waals surface area contributed by atoms with Gasteiger partial charge < -0.3 is 5.32 Å². The molecule has 2 aromatic rings. The second kappa shape index (κ2) is 8.60. The molecule has 1 amide bonds. The lowest BCUT2D eigenvalue weighted by atomic mass is 10.2. The number of sulfonamides is 1. The second-order valence-corrected chi connectivity index (χ2v) is 8.73. The highest BCUT2D eigenvalue weighted by atomic mass is 32.2. The van der Waals surface area contributed by atoms with Gasteiger partial charge in [-0.1, -0.05) is 24.3 Å². The van der Waals surface area contributed by atoms with Crippen LogP contribution in [0.15, 0.2) is 47.4 Å². The zero-order chi connectivity index (χ0) is 20.2. The molecular formula is C19H24FN3O3S. The molecule has 0 aliphatic carbocycles.